The van der Waals surface area contributed by atoms with Gasteiger partial charge in [-0.1, -0.05) is 66.7 Å². The predicted molar refractivity (Wildman–Crippen MR) is 145 cm³/mol. The summed E-state index contributed by atoms with van der Waals surface area (Å²) in [5.41, 5.74) is 3.87. The Kier molecular flexibility index (Phi) is 8.63. The number of carbonyl (C=O) groups is 3. The molecule has 3 amide bonds. The number of hydrogen-bond acceptors (Lipinski definition) is 4. The molecular weight excluding hydrogens is 482 g/mol. The van der Waals surface area contributed by atoms with Gasteiger partial charge in [-0.3, -0.25) is 14.5 Å². The molecule has 3 aromatic carbocycles. The number of ether oxygens (including phenoxy) is 1. The maximum absolute atomic E-state index is 13.8. The minimum Gasteiger partial charge on any atom is -0.493 e. The molecule has 0 bridgehead atoms. The van der Waals surface area contributed by atoms with Crippen LogP contribution in [0.4, 0.5) is 10.5 Å². The maximum Gasteiger partial charge on any atom is 0.407 e. The van der Waals surface area contributed by atoms with Gasteiger partial charge in [0, 0.05) is 19.5 Å². The number of fused-ring (bicyclic) bond motifs is 1. The summed E-state index contributed by atoms with van der Waals surface area (Å²) in [4.78, 5) is 40.6. The summed E-state index contributed by atoms with van der Waals surface area (Å²) in [7, 11) is 1.33. The van der Waals surface area contributed by atoms with Crippen LogP contribution >= 0.6 is 0 Å². The first kappa shape index (κ1) is 26.7. The van der Waals surface area contributed by atoms with Gasteiger partial charge in [0.1, 0.15) is 17.8 Å². The standard InChI is InChI=1S/C30H33N3O5/c1-21(32(2)30(36)37)28(34)31-26-16-14-24-13-15-25(38-18-17-22-9-5-3-6-10-22)19-27(24)33(29(26)35)20-23-11-7-4-8-12-23/h3-13,15,19,21,26H,14,16-18,20H2,1-2H3,(H,31,34)(H,36,37)/t21-,26-/m0/s1. The molecule has 3 aromatic rings. The second-order valence-electron chi connectivity index (χ2n) is 9.45. The van der Waals surface area contributed by atoms with E-state index in [1.165, 1.54) is 19.5 Å². The summed E-state index contributed by atoms with van der Waals surface area (Å²) in [5, 5.41) is 12.0. The number of rotatable bonds is 9. The average molecular weight is 516 g/mol. The van der Waals surface area contributed by atoms with Crippen molar-refractivity contribution in [2.24, 2.45) is 0 Å². The second kappa shape index (κ2) is 12.3. The van der Waals surface area contributed by atoms with Gasteiger partial charge >= 0.3 is 6.09 Å². The Morgan fingerprint density at radius 3 is 2.37 bits per heavy atom. The van der Waals surface area contributed by atoms with E-state index < -0.39 is 24.1 Å². The zero-order chi connectivity index (χ0) is 27.1. The zero-order valence-corrected chi connectivity index (χ0v) is 21.7. The molecule has 0 saturated heterocycles. The second-order valence-corrected chi connectivity index (χ2v) is 9.45. The summed E-state index contributed by atoms with van der Waals surface area (Å²) in [6.07, 6.45) is 0.533. The number of amides is 3. The van der Waals surface area contributed by atoms with Gasteiger partial charge in [-0.15, -0.1) is 0 Å². The van der Waals surface area contributed by atoms with E-state index in [1.807, 2.05) is 66.7 Å². The molecule has 1 heterocycles. The SMILES string of the molecule is C[C@@H](C(=O)N[C@H]1CCc2ccc(OCCc3ccccc3)cc2N(Cc2ccccc2)C1=O)N(C)C(=O)O. The molecule has 2 atom stereocenters. The fraction of sp³-hybridized carbons (Fsp3) is 0.300. The number of nitrogens with one attached hydrogen (secondary N) is 1. The van der Waals surface area contributed by atoms with Crippen molar-refractivity contribution < 1.29 is 24.2 Å². The molecule has 0 saturated carbocycles. The topological polar surface area (TPSA) is 99.2 Å². The zero-order valence-electron chi connectivity index (χ0n) is 21.7. The monoisotopic (exact) mass is 515 g/mol. The quantitative estimate of drug-likeness (QED) is 0.444. The molecular formula is C30H33N3O5. The van der Waals surface area contributed by atoms with Crippen molar-refractivity contribution >= 4 is 23.6 Å². The Morgan fingerprint density at radius 1 is 1.05 bits per heavy atom. The van der Waals surface area contributed by atoms with Crippen LogP contribution in [-0.2, 0) is 29.0 Å². The third kappa shape index (κ3) is 6.51. The smallest absolute Gasteiger partial charge is 0.407 e. The third-order valence-electron chi connectivity index (χ3n) is 6.88. The molecule has 38 heavy (non-hydrogen) atoms. The Labute approximate surface area is 222 Å². The van der Waals surface area contributed by atoms with E-state index >= 15 is 0 Å². The molecule has 0 radical (unpaired) electrons. The van der Waals surface area contributed by atoms with Crippen LogP contribution in [0.1, 0.15) is 30.0 Å². The summed E-state index contributed by atoms with van der Waals surface area (Å²) in [6, 6.07) is 23.8. The van der Waals surface area contributed by atoms with Crippen molar-refractivity contribution in [3.05, 3.63) is 95.6 Å². The highest BCUT2D eigenvalue weighted by molar-refractivity contribution is 6.01. The van der Waals surface area contributed by atoms with Gasteiger partial charge in [0.05, 0.1) is 18.8 Å². The van der Waals surface area contributed by atoms with Gasteiger partial charge in [-0.25, -0.2) is 4.79 Å². The van der Waals surface area contributed by atoms with Gasteiger partial charge in [0.25, 0.3) is 0 Å². The first-order valence-corrected chi connectivity index (χ1v) is 12.7. The highest BCUT2D eigenvalue weighted by atomic mass is 16.5. The van der Waals surface area contributed by atoms with Crippen LogP contribution in [0.2, 0.25) is 0 Å². The molecule has 8 nitrogen and oxygen atoms in total. The van der Waals surface area contributed by atoms with Crippen LogP contribution in [0, 0.1) is 0 Å². The Balaban J connectivity index is 1.56. The first-order chi connectivity index (χ1) is 18.3. The van der Waals surface area contributed by atoms with Gasteiger partial charge in [0.2, 0.25) is 11.8 Å². The predicted octanol–water partition coefficient (Wildman–Crippen LogP) is 4.27. The van der Waals surface area contributed by atoms with E-state index in [9.17, 15) is 19.5 Å². The van der Waals surface area contributed by atoms with Gasteiger partial charge < -0.3 is 20.1 Å². The van der Waals surface area contributed by atoms with Crippen LogP contribution < -0.4 is 15.0 Å². The van der Waals surface area contributed by atoms with E-state index in [4.69, 9.17) is 4.74 Å². The van der Waals surface area contributed by atoms with E-state index in [2.05, 4.69) is 17.4 Å². The Morgan fingerprint density at radius 2 is 1.71 bits per heavy atom. The largest absolute Gasteiger partial charge is 0.493 e. The summed E-state index contributed by atoms with van der Waals surface area (Å²) in [5.74, 6) is -0.0823. The number of benzene rings is 3. The Hall–Kier alpha value is -4.33. The summed E-state index contributed by atoms with van der Waals surface area (Å²) >= 11 is 0. The minimum atomic E-state index is -1.21. The van der Waals surface area contributed by atoms with Crippen LogP contribution in [0.5, 0.6) is 5.75 Å². The lowest BCUT2D eigenvalue weighted by Crippen LogP contribution is -2.53. The van der Waals surface area contributed by atoms with Crippen molar-refractivity contribution in [1.29, 1.82) is 0 Å². The number of carbonyl (C=O) groups excluding carboxylic acids is 2. The first-order valence-electron chi connectivity index (χ1n) is 12.7. The van der Waals surface area contributed by atoms with Crippen LogP contribution in [0.15, 0.2) is 78.9 Å². The lowest BCUT2D eigenvalue weighted by atomic mass is 10.1. The number of aryl methyl sites for hydroxylation is 1. The highest BCUT2D eigenvalue weighted by Crippen LogP contribution is 2.32. The molecule has 0 spiro atoms. The normalized spacial score (nSPS) is 15.7. The number of carboxylic acid groups (broad SMARTS) is 1. The van der Waals surface area contributed by atoms with E-state index in [0.29, 0.717) is 31.7 Å². The molecule has 0 aliphatic carbocycles. The number of likely N-dealkylation sites (N-methyl/N-ethyl adjacent to an activating group) is 1. The molecule has 2 N–H and O–H groups in total. The molecule has 4 rings (SSSR count). The lowest BCUT2D eigenvalue weighted by Gasteiger charge is -2.28. The molecule has 0 fully saturated rings. The molecule has 0 unspecified atom stereocenters. The van der Waals surface area contributed by atoms with Crippen molar-refractivity contribution in [2.45, 2.75) is 44.8 Å². The van der Waals surface area contributed by atoms with Crippen LogP contribution in [-0.4, -0.2) is 53.7 Å². The fourth-order valence-electron chi connectivity index (χ4n) is 4.45. The van der Waals surface area contributed by atoms with E-state index in [0.717, 1.165) is 28.1 Å². The molecule has 0 aromatic heterocycles. The van der Waals surface area contributed by atoms with Gasteiger partial charge in [-0.2, -0.15) is 0 Å². The number of nitrogens with zero attached hydrogens (tertiary/aromatic N) is 2. The van der Waals surface area contributed by atoms with Gasteiger partial charge in [-0.05, 0) is 42.5 Å². The van der Waals surface area contributed by atoms with E-state index in [-0.39, 0.29) is 5.91 Å². The highest BCUT2D eigenvalue weighted by Gasteiger charge is 2.33. The number of anilines is 1. The van der Waals surface area contributed by atoms with Crippen LogP contribution in [0.25, 0.3) is 0 Å². The maximum atomic E-state index is 13.8. The molecule has 1 aliphatic heterocycles. The number of hydrogen-bond donors (Lipinski definition) is 2. The lowest BCUT2D eigenvalue weighted by molar-refractivity contribution is -0.130. The average Bonchev–Trinajstić information content (AvgIpc) is 3.05. The third-order valence-corrected chi connectivity index (χ3v) is 6.88. The van der Waals surface area contributed by atoms with Gasteiger partial charge in [0.15, 0.2) is 0 Å². The summed E-state index contributed by atoms with van der Waals surface area (Å²) < 4.78 is 6.05. The minimum absolute atomic E-state index is 0.243. The Bertz CT molecular complexity index is 1270. The van der Waals surface area contributed by atoms with Crippen molar-refractivity contribution in [3.63, 3.8) is 0 Å². The van der Waals surface area contributed by atoms with Crippen LogP contribution in [0.3, 0.4) is 0 Å². The van der Waals surface area contributed by atoms with Crippen molar-refractivity contribution in [2.75, 3.05) is 18.6 Å². The van der Waals surface area contributed by atoms with Crippen molar-refractivity contribution in [1.82, 2.24) is 10.2 Å². The molecule has 8 heteroatoms. The molecule has 1 aliphatic rings. The molecule has 198 valence electrons. The fourth-order valence-corrected chi connectivity index (χ4v) is 4.45. The van der Waals surface area contributed by atoms with E-state index in [1.54, 1.807) is 4.90 Å². The van der Waals surface area contributed by atoms with Crippen molar-refractivity contribution in [3.8, 4) is 5.75 Å². The summed E-state index contributed by atoms with van der Waals surface area (Å²) in [6.45, 7) is 2.33.